The third kappa shape index (κ3) is 4.01. The van der Waals surface area contributed by atoms with Gasteiger partial charge in [-0.05, 0) is 23.8 Å². The Bertz CT molecular complexity index is 590. The molecule has 104 valence electrons. The highest BCUT2D eigenvalue weighted by Gasteiger charge is 2.09. The van der Waals surface area contributed by atoms with E-state index in [0.29, 0.717) is 11.6 Å². The number of hydrogen-bond acceptors (Lipinski definition) is 4. The van der Waals surface area contributed by atoms with E-state index in [-0.39, 0.29) is 5.69 Å². The molecule has 1 aromatic heterocycles. The van der Waals surface area contributed by atoms with Crippen LogP contribution < -0.4 is 5.32 Å². The number of rotatable bonds is 6. The molecule has 0 spiro atoms. The quantitative estimate of drug-likeness (QED) is 0.505. The summed E-state index contributed by atoms with van der Waals surface area (Å²) >= 11 is 6.02. The molecule has 0 saturated carbocycles. The third-order valence-electron chi connectivity index (χ3n) is 2.84. The van der Waals surface area contributed by atoms with E-state index in [9.17, 15) is 10.1 Å². The lowest BCUT2D eigenvalue weighted by Gasteiger charge is -2.06. The van der Waals surface area contributed by atoms with Gasteiger partial charge in [-0.1, -0.05) is 17.7 Å². The van der Waals surface area contributed by atoms with Crippen LogP contribution in [-0.2, 0) is 13.0 Å². The molecule has 0 radical (unpaired) electrons. The van der Waals surface area contributed by atoms with Crippen molar-refractivity contribution in [2.24, 2.45) is 0 Å². The van der Waals surface area contributed by atoms with Crippen LogP contribution in [-0.4, -0.2) is 16.5 Å². The van der Waals surface area contributed by atoms with Crippen LogP contribution in [0, 0.1) is 10.1 Å². The Hall–Kier alpha value is -1.98. The lowest BCUT2D eigenvalue weighted by molar-refractivity contribution is -0.384. The molecule has 2 rings (SSSR count). The fourth-order valence-corrected chi connectivity index (χ4v) is 1.98. The predicted molar refractivity (Wildman–Crippen MR) is 77.8 cm³/mol. The molecule has 6 heteroatoms. The van der Waals surface area contributed by atoms with Crippen LogP contribution in [0.15, 0.2) is 42.6 Å². The van der Waals surface area contributed by atoms with Crippen LogP contribution in [0.4, 0.5) is 5.69 Å². The molecule has 1 aromatic carbocycles. The van der Waals surface area contributed by atoms with Crippen molar-refractivity contribution in [3.63, 3.8) is 0 Å². The monoisotopic (exact) mass is 291 g/mol. The summed E-state index contributed by atoms with van der Waals surface area (Å²) in [6, 6.07) is 10.2. The summed E-state index contributed by atoms with van der Waals surface area (Å²) < 4.78 is 0. The van der Waals surface area contributed by atoms with E-state index in [1.54, 1.807) is 12.3 Å². The fraction of sp³-hybridized carbons (Fsp3) is 0.214. The molecule has 2 aromatic rings. The summed E-state index contributed by atoms with van der Waals surface area (Å²) in [5.41, 5.74) is 1.78. The molecular weight excluding hydrogens is 278 g/mol. The summed E-state index contributed by atoms with van der Waals surface area (Å²) in [5, 5.41) is 14.5. The minimum absolute atomic E-state index is 0.0518. The minimum atomic E-state index is -0.423. The van der Waals surface area contributed by atoms with Gasteiger partial charge in [-0.15, -0.1) is 0 Å². The lowest BCUT2D eigenvalue weighted by Crippen LogP contribution is -2.17. The standard InChI is InChI=1S/C14H14ClN3O2/c15-14-5-4-13(18(19)20)9-11(14)10-16-8-6-12-3-1-2-7-17-12/h1-5,7,9,16H,6,8,10H2. The minimum Gasteiger partial charge on any atom is -0.312 e. The van der Waals surface area contributed by atoms with E-state index in [1.807, 2.05) is 18.2 Å². The van der Waals surface area contributed by atoms with Crippen LogP contribution in [0.3, 0.4) is 0 Å². The maximum atomic E-state index is 10.7. The Morgan fingerprint density at radius 2 is 2.15 bits per heavy atom. The summed E-state index contributed by atoms with van der Waals surface area (Å²) in [6.07, 6.45) is 2.56. The highest BCUT2D eigenvalue weighted by molar-refractivity contribution is 6.31. The van der Waals surface area contributed by atoms with E-state index in [2.05, 4.69) is 10.3 Å². The first-order valence-corrected chi connectivity index (χ1v) is 6.58. The zero-order valence-corrected chi connectivity index (χ0v) is 11.5. The molecular formula is C14H14ClN3O2. The van der Waals surface area contributed by atoms with Gasteiger partial charge in [0.25, 0.3) is 5.69 Å². The van der Waals surface area contributed by atoms with Gasteiger partial charge in [-0.2, -0.15) is 0 Å². The number of nitrogens with zero attached hydrogens (tertiary/aromatic N) is 2. The largest absolute Gasteiger partial charge is 0.312 e. The number of nitro benzene ring substituents is 1. The average Bonchev–Trinajstić information content (AvgIpc) is 2.46. The first kappa shape index (κ1) is 14.4. The molecule has 0 aliphatic heterocycles. The van der Waals surface area contributed by atoms with Crippen molar-refractivity contribution in [1.82, 2.24) is 10.3 Å². The molecule has 0 atom stereocenters. The Kier molecular flexibility index (Phi) is 5.03. The van der Waals surface area contributed by atoms with Crippen LogP contribution in [0.25, 0.3) is 0 Å². The number of benzene rings is 1. The molecule has 0 bridgehead atoms. The maximum Gasteiger partial charge on any atom is 0.269 e. The number of nitrogens with one attached hydrogen (secondary N) is 1. The van der Waals surface area contributed by atoms with E-state index >= 15 is 0 Å². The molecule has 0 aliphatic carbocycles. The van der Waals surface area contributed by atoms with Gasteiger partial charge < -0.3 is 5.32 Å². The molecule has 1 N–H and O–H groups in total. The number of aromatic nitrogens is 1. The van der Waals surface area contributed by atoms with Gasteiger partial charge in [-0.3, -0.25) is 15.1 Å². The maximum absolute atomic E-state index is 10.7. The average molecular weight is 292 g/mol. The molecule has 0 aliphatic rings. The number of halogens is 1. The Balaban J connectivity index is 1.88. The predicted octanol–water partition coefficient (Wildman–Crippen LogP) is 2.98. The molecule has 0 saturated heterocycles. The van der Waals surface area contributed by atoms with Crippen LogP contribution in [0.2, 0.25) is 5.02 Å². The van der Waals surface area contributed by atoms with E-state index in [4.69, 9.17) is 11.6 Å². The normalized spacial score (nSPS) is 10.4. The van der Waals surface area contributed by atoms with E-state index in [1.165, 1.54) is 12.1 Å². The smallest absolute Gasteiger partial charge is 0.269 e. The lowest BCUT2D eigenvalue weighted by atomic mass is 10.2. The van der Waals surface area contributed by atoms with E-state index < -0.39 is 4.92 Å². The second-order valence-corrected chi connectivity index (χ2v) is 4.69. The molecule has 0 unspecified atom stereocenters. The Morgan fingerprint density at radius 1 is 1.30 bits per heavy atom. The molecule has 5 nitrogen and oxygen atoms in total. The van der Waals surface area contributed by atoms with Crippen molar-refractivity contribution < 1.29 is 4.92 Å². The van der Waals surface area contributed by atoms with Crippen molar-refractivity contribution in [2.75, 3.05) is 6.54 Å². The summed E-state index contributed by atoms with van der Waals surface area (Å²) in [6.45, 7) is 1.23. The Morgan fingerprint density at radius 3 is 2.85 bits per heavy atom. The second-order valence-electron chi connectivity index (χ2n) is 4.28. The fourth-order valence-electron chi connectivity index (χ4n) is 1.80. The van der Waals surface area contributed by atoms with Crippen molar-refractivity contribution in [2.45, 2.75) is 13.0 Å². The van der Waals surface area contributed by atoms with Crippen LogP contribution in [0.1, 0.15) is 11.3 Å². The number of hydrogen-bond donors (Lipinski definition) is 1. The topological polar surface area (TPSA) is 68.1 Å². The first-order chi connectivity index (χ1) is 9.66. The van der Waals surface area contributed by atoms with E-state index in [0.717, 1.165) is 24.2 Å². The highest BCUT2D eigenvalue weighted by atomic mass is 35.5. The van der Waals surface area contributed by atoms with Crippen molar-refractivity contribution >= 4 is 17.3 Å². The Labute approximate surface area is 121 Å². The van der Waals surface area contributed by atoms with Gasteiger partial charge >= 0.3 is 0 Å². The van der Waals surface area contributed by atoms with Gasteiger partial charge in [0.1, 0.15) is 0 Å². The third-order valence-corrected chi connectivity index (χ3v) is 3.21. The van der Waals surface area contributed by atoms with Gasteiger partial charge in [0.05, 0.1) is 4.92 Å². The molecule has 0 amide bonds. The summed E-state index contributed by atoms with van der Waals surface area (Å²) in [7, 11) is 0. The van der Waals surface area contributed by atoms with Crippen LogP contribution in [0.5, 0.6) is 0 Å². The second kappa shape index (κ2) is 6.98. The van der Waals surface area contributed by atoms with Crippen molar-refractivity contribution in [3.05, 3.63) is 69.0 Å². The SMILES string of the molecule is O=[N+]([O-])c1ccc(Cl)c(CNCCc2ccccn2)c1. The molecule has 20 heavy (non-hydrogen) atoms. The highest BCUT2D eigenvalue weighted by Crippen LogP contribution is 2.21. The number of non-ortho nitro benzene ring substituents is 1. The number of nitro groups is 1. The van der Waals surface area contributed by atoms with Crippen molar-refractivity contribution in [3.8, 4) is 0 Å². The summed E-state index contributed by atoms with van der Waals surface area (Å²) in [4.78, 5) is 14.5. The zero-order chi connectivity index (χ0) is 14.4. The molecule has 1 heterocycles. The molecule has 0 fully saturated rings. The summed E-state index contributed by atoms with van der Waals surface area (Å²) in [5.74, 6) is 0. The first-order valence-electron chi connectivity index (χ1n) is 6.20. The van der Waals surface area contributed by atoms with Gasteiger partial charge in [0, 0.05) is 48.6 Å². The van der Waals surface area contributed by atoms with Gasteiger partial charge in [-0.25, -0.2) is 0 Å². The van der Waals surface area contributed by atoms with Gasteiger partial charge in [0.15, 0.2) is 0 Å². The van der Waals surface area contributed by atoms with Crippen molar-refractivity contribution in [1.29, 1.82) is 0 Å². The van der Waals surface area contributed by atoms with Crippen LogP contribution >= 0.6 is 11.6 Å². The number of pyridine rings is 1. The zero-order valence-electron chi connectivity index (χ0n) is 10.8. The van der Waals surface area contributed by atoms with Gasteiger partial charge in [0.2, 0.25) is 0 Å².